The van der Waals surface area contributed by atoms with Crippen LogP contribution in [-0.4, -0.2) is 49.7 Å². The second-order valence-electron chi connectivity index (χ2n) is 3.65. The molecule has 1 unspecified atom stereocenters. The largest absolute Gasteiger partial charge is 0.362 e. The average molecular weight is 207 g/mol. The molecule has 2 heterocycles. The highest BCUT2D eigenvalue weighted by molar-refractivity contribution is 5.85. The number of amides is 1. The molecule has 1 amide bonds. The molecule has 5 heteroatoms. The number of carbonyl (C=O) groups is 1. The summed E-state index contributed by atoms with van der Waals surface area (Å²) in [5.74, 6) is 0.0903. The summed E-state index contributed by atoms with van der Waals surface area (Å²) in [7, 11) is 1.84. The lowest BCUT2D eigenvalue weighted by molar-refractivity contribution is -0.158. The Morgan fingerprint density at radius 1 is 1.62 bits per heavy atom. The third kappa shape index (κ3) is 1.95. The van der Waals surface area contributed by atoms with Crippen LogP contribution in [0.4, 0.5) is 0 Å². The molecule has 1 N–H and O–H groups in total. The smallest absolute Gasteiger partial charge is 0.248 e. The van der Waals surface area contributed by atoms with Crippen molar-refractivity contribution in [3.05, 3.63) is 0 Å². The van der Waals surface area contributed by atoms with Gasteiger partial charge in [0, 0.05) is 13.6 Å². The molecule has 76 valence electrons. The van der Waals surface area contributed by atoms with Crippen molar-refractivity contribution < 1.29 is 9.53 Å². The topological polar surface area (TPSA) is 41.6 Å². The molecule has 0 aliphatic carbocycles. The zero-order valence-electron chi connectivity index (χ0n) is 7.71. The number of nitrogens with zero attached hydrogens (tertiary/aromatic N) is 1. The molecule has 0 aromatic carbocycles. The van der Waals surface area contributed by atoms with E-state index in [1.54, 1.807) is 4.90 Å². The molecular formula is C8H15ClN2O2. The van der Waals surface area contributed by atoms with Crippen molar-refractivity contribution in [3.8, 4) is 0 Å². The maximum atomic E-state index is 11.1. The Bertz CT molecular complexity index is 204. The molecule has 0 radical (unpaired) electrons. The minimum atomic E-state index is -0.0807. The van der Waals surface area contributed by atoms with Gasteiger partial charge in [-0.1, -0.05) is 0 Å². The second-order valence-corrected chi connectivity index (χ2v) is 3.65. The molecule has 4 nitrogen and oxygen atoms in total. The van der Waals surface area contributed by atoms with Crippen molar-refractivity contribution in [2.24, 2.45) is 0 Å². The first-order valence-corrected chi connectivity index (χ1v) is 4.31. The minimum absolute atomic E-state index is 0. The molecular weight excluding hydrogens is 192 g/mol. The summed E-state index contributed by atoms with van der Waals surface area (Å²) in [6.45, 7) is 2.86. The summed E-state index contributed by atoms with van der Waals surface area (Å²) in [5.41, 5.74) is -0.0807. The van der Waals surface area contributed by atoms with Crippen molar-refractivity contribution in [1.29, 1.82) is 0 Å². The third-order valence-electron chi connectivity index (χ3n) is 2.66. The van der Waals surface area contributed by atoms with Gasteiger partial charge in [0.05, 0.1) is 12.1 Å². The molecule has 2 rings (SSSR count). The third-order valence-corrected chi connectivity index (χ3v) is 2.66. The van der Waals surface area contributed by atoms with E-state index in [9.17, 15) is 4.79 Å². The van der Waals surface area contributed by atoms with Crippen LogP contribution in [0.2, 0.25) is 0 Å². The number of morpholine rings is 1. The number of carbonyl (C=O) groups excluding carboxylic acids is 1. The Balaban J connectivity index is 0.000000845. The van der Waals surface area contributed by atoms with Crippen LogP contribution in [0, 0.1) is 0 Å². The van der Waals surface area contributed by atoms with Crippen molar-refractivity contribution in [2.75, 3.05) is 33.3 Å². The fourth-order valence-corrected chi connectivity index (χ4v) is 1.87. The minimum Gasteiger partial charge on any atom is -0.362 e. The summed E-state index contributed by atoms with van der Waals surface area (Å²) >= 11 is 0. The lowest BCUT2D eigenvalue weighted by Crippen LogP contribution is -2.54. The lowest BCUT2D eigenvalue weighted by atomic mass is 10.0. The highest BCUT2D eigenvalue weighted by Crippen LogP contribution is 2.23. The van der Waals surface area contributed by atoms with E-state index in [2.05, 4.69) is 5.32 Å². The van der Waals surface area contributed by atoms with Gasteiger partial charge in [0.2, 0.25) is 5.91 Å². The fraction of sp³-hybridized carbons (Fsp3) is 0.875. The zero-order valence-corrected chi connectivity index (χ0v) is 8.52. The SMILES string of the molecule is CN1CC2(CCNC2)OCC1=O.Cl. The van der Waals surface area contributed by atoms with Gasteiger partial charge in [-0.15, -0.1) is 12.4 Å². The van der Waals surface area contributed by atoms with Crippen LogP contribution >= 0.6 is 12.4 Å². The van der Waals surface area contributed by atoms with Crippen LogP contribution in [0.15, 0.2) is 0 Å². The Hall–Kier alpha value is -0.320. The van der Waals surface area contributed by atoms with E-state index in [0.717, 1.165) is 26.1 Å². The van der Waals surface area contributed by atoms with E-state index in [1.807, 2.05) is 7.05 Å². The number of hydrogen-bond acceptors (Lipinski definition) is 3. The molecule has 13 heavy (non-hydrogen) atoms. The summed E-state index contributed by atoms with van der Waals surface area (Å²) in [6, 6.07) is 0. The van der Waals surface area contributed by atoms with Crippen molar-refractivity contribution >= 4 is 18.3 Å². The van der Waals surface area contributed by atoms with Gasteiger partial charge < -0.3 is 15.0 Å². The van der Waals surface area contributed by atoms with Crippen molar-refractivity contribution in [2.45, 2.75) is 12.0 Å². The molecule has 2 aliphatic rings. The first-order valence-electron chi connectivity index (χ1n) is 4.31. The monoisotopic (exact) mass is 206 g/mol. The van der Waals surface area contributed by atoms with Gasteiger partial charge >= 0.3 is 0 Å². The van der Waals surface area contributed by atoms with E-state index < -0.39 is 0 Å². The van der Waals surface area contributed by atoms with Crippen LogP contribution in [0.5, 0.6) is 0 Å². The second kappa shape index (κ2) is 3.82. The molecule has 0 bridgehead atoms. The zero-order chi connectivity index (χ0) is 8.60. The molecule has 0 aromatic heterocycles. The molecule has 2 aliphatic heterocycles. The van der Waals surface area contributed by atoms with Gasteiger partial charge in [-0.05, 0) is 13.0 Å². The highest BCUT2D eigenvalue weighted by atomic mass is 35.5. The number of nitrogens with one attached hydrogen (secondary N) is 1. The standard InChI is InChI=1S/C8H14N2O2.ClH/c1-10-6-8(2-3-9-5-8)12-4-7(10)11;/h9H,2-6H2,1H3;1H. The molecule has 0 saturated carbocycles. The first kappa shape index (κ1) is 10.8. The van der Waals surface area contributed by atoms with Crippen LogP contribution < -0.4 is 5.32 Å². The summed E-state index contributed by atoms with van der Waals surface area (Å²) in [6.07, 6.45) is 1.02. The van der Waals surface area contributed by atoms with E-state index in [0.29, 0.717) is 0 Å². The summed E-state index contributed by atoms with van der Waals surface area (Å²) < 4.78 is 5.56. The number of rotatable bonds is 0. The molecule has 2 saturated heterocycles. The number of halogens is 1. The number of ether oxygens (including phenoxy) is 1. The van der Waals surface area contributed by atoms with E-state index in [-0.39, 0.29) is 30.5 Å². The predicted molar refractivity (Wildman–Crippen MR) is 51.1 cm³/mol. The average Bonchev–Trinajstić information content (AvgIpc) is 2.47. The van der Waals surface area contributed by atoms with Crippen LogP contribution in [0.3, 0.4) is 0 Å². The highest BCUT2D eigenvalue weighted by Gasteiger charge is 2.40. The molecule has 1 atom stereocenters. The Morgan fingerprint density at radius 2 is 2.38 bits per heavy atom. The summed E-state index contributed by atoms with van der Waals surface area (Å²) in [4.78, 5) is 12.9. The van der Waals surface area contributed by atoms with Crippen molar-refractivity contribution in [1.82, 2.24) is 10.2 Å². The predicted octanol–water partition coefficient (Wildman–Crippen LogP) is -0.371. The maximum absolute atomic E-state index is 11.1. The van der Waals surface area contributed by atoms with E-state index in [1.165, 1.54) is 0 Å². The normalized spacial score (nSPS) is 33.6. The van der Waals surface area contributed by atoms with Gasteiger partial charge in [-0.3, -0.25) is 4.79 Å². The van der Waals surface area contributed by atoms with Crippen LogP contribution in [-0.2, 0) is 9.53 Å². The van der Waals surface area contributed by atoms with Gasteiger partial charge in [0.1, 0.15) is 6.61 Å². The molecule has 0 aromatic rings. The quantitative estimate of drug-likeness (QED) is 0.588. The number of hydrogen-bond donors (Lipinski definition) is 1. The lowest BCUT2D eigenvalue weighted by Gasteiger charge is -2.37. The molecule has 2 fully saturated rings. The van der Waals surface area contributed by atoms with Gasteiger partial charge in [0.15, 0.2) is 0 Å². The first-order chi connectivity index (χ1) is 5.72. The molecule has 1 spiro atoms. The van der Waals surface area contributed by atoms with Crippen LogP contribution in [0.1, 0.15) is 6.42 Å². The maximum Gasteiger partial charge on any atom is 0.248 e. The van der Waals surface area contributed by atoms with Crippen molar-refractivity contribution in [3.63, 3.8) is 0 Å². The van der Waals surface area contributed by atoms with Gasteiger partial charge in [-0.2, -0.15) is 0 Å². The van der Waals surface area contributed by atoms with Gasteiger partial charge in [0.25, 0.3) is 0 Å². The Labute approximate surface area is 84.0 Å². The number of likely N-dealkylation sites (N-methyl/N-ethyl adjacent to an activating group) is 1. The van der Waals surface area contributed by atoms with E-state index in [4.69, 9.17) is 4.74 Å². The van der Waals surface area contributed by atoms with Gasteiger partial charge in [-0.25, -0.2) is 0 Å². The Kier molecular flexibility index (Phi) is 3.16. The summed E-state index contributed by atoms with van der Waals surface area (Å²) in [5, 5.41) is 3.26. The van der Waals surface area contributed by atoms with Crippen LogP contribution in [0.25, 0.3) is 0 Å². The Morgan fingerprint density at radius 3 is 2.92 bits per heavy atom. The fourth-order valence-electron chi connectivity index (χ4n) is 1.87. The van der Waals surface area contributed by atoms with E-state index >= 15 is 0 Å².